The fraction of sp³-hybridized carbons (Fsp3) is 0.364. The number of fused-ring (bicyclic) bond motifs is 7. The van der Waals surface area contributed by atoms with Crippen molar-refractivity contribution in [3.05, 3.63) is 88.5 Å². The van der Waals surface area contributed by atoms with Crippen molar-refractivity contribution < 1.29 is 19.1 Å². The van der Waals surface area contributed by atoms with Crippen LogP contribution in [-0.4, -0.2) is 41.7 Å². The molecule has 2 amide bonds. The molecule has 7 nitrogen and oxygen atoms in total. The van der Waals surface area contributed by atoms with E-state index >= 15 is 0 Å². The molecule has 4 atom stereocenters. The van der Waals surface area contributed by atoms with Crippen molar-refractivity contribution in [1.82, 2.24) is 4.90 Å². The number of Topliss-reactive ketones (excluding diaryl/α,β-unsaturated/α-hetero) is 1. The molecule has 2 fully saturated rings. The molecule has 3 aromatic carbocycles. The second kappa shape index (κ2) is 8.77. The molecule has 7 heteroatoms. The van der Waals surface area contributed by atoms with E-state index in [9.17, 15) is 14.4 Å². The molecule has 2 saturated heterocycles. The number of nitrogens with one attached hydrogen (secondary N) is 2. The van der Waals surface area contributed by atoms with Gasteiger partial charge in [-0.05, 0) is 81.1 Å². The van der Waals surface area contributed by atoms with Gasteiger partial charge in [0.2, 0.25) is 5.91 Å². The van der Waals surface area contributed by atoms with Crippen LogP contribution in [0.25, 0.3) is 0 Å². The topological polar surface area (TPSA) is 87.7 Å². The highest BCUT2D eigenvalue weighted by Crippen LogP contribution is 2.68. The number of hydrogen-bond donors (Lipinski definition) is 2. The van der Waals surface area contributed by atoms with Gasteiger partial charge in [-0.3, -0.25) is 19.3 Å². The largest absolute Gasteiger partial charge is 0.494 e. The fourth-order valence-electron chi connectivity index (χ4n) is 8.15. The van der Waals surface area contributed by atoms with Gasteiger partial charge in [0, 0.05) is 28.5 Å². The van der Waals surface area contributed by atoms with Crippen LogP contribution in [0, 0.1) is 19.8 Å². The zero-order valence-corrected chi connectivity index (χ0v) is 23.0. The molecule has 2 N–H and O–H groups in total. The number of ether oxygens (including phenoxy) is 1. The lowest BCUT2D eigenvalue weighted by Gasteiger charge is -2.43. The van der Waals surface area contributed by atoms with Crippen LogP contribution in [0.5, 0.6) is 5.75 Å². The predicted octanol–water partition coefficient (Wildman–Crippen LogP) is 5.11. The van der Waals surface area contributed by atoms with Crippen molar-refractivity contribution >= 4 is 29.0 Å². The average Bonchev–Trinajstić information content (AvgIpc) is 3.67. The zero-order valence-electron chi connectivity index (χ0n) is 23.0. The van der Waals surface area contributed by atoms with Crippen LogP contribution < -0.4 is 15.4 Å². The van der Waals surface area contributed by atoms with Crippen molar-refractivity contribution in [1.29, 1.82) is 0 Å². The van der Waals surface area contributed by atoms with E-state index in [0.717, 1.165) is 47.2 Å². The van der Waals surface area contributed by atoms with Gasteiger partial charge in [0.1, 0.15) is 16.7 Å². The van der Waals surface area contributed by atoms with E-state index in [-0.39, 0.29) is 23.6 Å². The summed E-state index contributed by atoms with van der Waals surface area (Å²) in [5.74, 6) is -0.676. The first kappa shape index (κ1) is 25.0. The van der Waals surface area contributed by atoms with Crippen molar-refractivity contribution in [2.45, 2.75) is 57.0 Å². The fourth-order valence-corrected chi connectivity index (χ4v) is 8.15. The Hall–Kier alpha value is -3.97. The summed E-state index contributed by atoms with van der Waals surface area (Å²) < 4.78 is 5.76. The molecule has 4 heterocycles. The maximum absolute atomic E-state index is 14.7. The lowest BCUT2D eigenvalue weighted by molar-refractivity contribution is -0.137. The minimum absolute atomic E-state index is 0.117. The molecule has 0 aromatic heterocycles. The van der Waals surface area contributed by atoms with Gasteiger partial charge in [-0.2, -0.15) is 0 Å². The second-order valence-electron chi connectivity index (χ2n) is 11.6. The molecule has 0 unspecified atom stereocenters. The van der Waals surface area contributed by atoms with E-state index in [1.807, 2.05) is 63.2 Å². The number of para-hydroxylation sites is 1. The van der Waals surface area contributed by atoms with E-state index in [1.165, 1.54) is 0 Å². The van der Waals surface area contributed by atoms with E-state index in [4.69, 9.17) is 4.74 Å². The van der Waals surface area contributed by atoms with Crippen LogP contribution in [0.1, 0.15) is 58.8 Å². The third kappa shape index (κ3) is 2.96. The van der Waals surface area contributed by atoms with Crippen LogP contribution in [0.4, 0.5) is 11.4 Å². The molecular weight excluding hydrogens is 502 g/mol. The quantitative estimate of drug-likeness (QED) is 0.444. The maximum atomic E-state index is 14.7. The molecule has 2 spiro atoms. The van der Waals surface area contributed by atoms with Gasteiger partial charge in [-0.1, -0.05) is 42.8 Å². The Morgan fingerprint density at radius 1 is 1.00 bits per heavy atom. The molecule has 4 aliphatic rings. The minimum atomic E-state index is -1.43. The molecule has 204 valence electrons. The first-order chi connectivity index (χ1) is 19.3. The van der Waals surface area contributed by atoms with Crippen molar-refractivity contribution in [2.24, 2.45) is 5.92 Å². The van der Waals surface area contributed by atoms with Gasteiger partial charge in [0.25, 0.3) is 5.91 Å². The number of anilines is 2. The van der Waals surface area contributed by atoms with Crippen LogP contribution >= 0.6 is 0 Å². The van der Waals surface area contributed by atoms with Crippen LogP contribution in [0.3, 0.4) is 0 Å². The summed E-state index contributed by atoms with van der Waals surface area (Å²) in [6.45, 7) is 7.28. The van der Waals surface area contributed by atoms with E-state index in [2.05, 4.69) is 21.6 Å². The highest BCUT2D eigenvalue weighted by atomic mass is 16.5. The SMILES string of the molecule is CCCOc1ccc(C(=O)[C@@H]2[C@H]3CCCN3[C@]3(C(=O)Nc4c(C)cc(C)cc43)[C@@]23C(=O)Nc2ccccc23)cc1. The van der Waals surface area contributed by atoms with E-state index in [1.54, 1.807) is 12.1 Å². The monoisotopic (exact) mass is 535 g/mol. The molecule has 0 saturated carbocycles. The number of hydrogen-bond acceptors (Lipinski definition) is 5. The van der Waals surface area contributed by atoms with Gasteiger partial charge in [-0.15, -0.1) is 0 Å². The summed E-state index contributed by atoms with van der Waals surface area (Å²) in [6, 6.07) is 18.6. The summed E-state index contributed by atoms with van der Waals surface area (Å²) in [5.41, 5.74) is 2.65. The predicted molar refractivity (Wildman–Crippen MR) is 153 cm³/mol. The maximum Gasteiger partial charge on any atom is 0.251 e. The molecule has 40 heavy (non-hydrogen) atoms. The zero-order chi connectivity index (χ0) is 27.8. The highest BCUT2D eigenvalue weighted by Gasteiger charge is 2.81. The van der Waals surface area contributed by atoms with Crippen LogP contribution in [-0.2, 0) is 20.5 Å². The van der Waals surface area contributed by atoms with Crippen LogP contribution in [0.2, 0.25) is 0 Å². The van der Waals surface area contributed by atoms with Crippen molar-refractivity contribution in [3.8, 4) is 5.75 Å². The Balaban J connectivity index is 1.50. The van der Waals surface area contributed by atoms with Gasteiger partial charge in [0.05, 0.1) is 12.5 Å². The molecule has 0 radical (unpaired) electrons. The van der Waals surface area contributed by atoms with Crippen LogP contribution in [0.15, 0.2) is 60.7 Å². The standard InChI is InChI=1S/C33H33N3O4/c1-4-16-40-22-13-11-21(12-14-22)29(37)27-26-10-7-15-36(26)33(24-18-19(2)17-20(3)28(24)35-31(33)39)32(27)23-8-5-6-9-25(23)34-30(32)38/h5-6,8-9,11-14,17-18,26-27H,4,7,10,15-16H2,1-3H3,(H,34,38)(H,35,39)/t26-,27+,32-,33-/m1/s1. The van der Waals surface area contributed by atoms with E-state index < -0.39 is 16.9 Å². The lowest BCUT2D eigenvalue weighted by Crippen LogP contribution is -2.62. The number of amides is 2. The molecule has 3 aromatic rings. The average molecular weight is 536 g/mol. The third-order valence-electron chi connectivity index (χ3n) is 9.44. The number of benzene rings is 3. The summed E-state index contributed by atoms with van der Waals surface area (Å²) >= 11 is 0. The molecule has 4 aliphatic heterocycles. The Labute approximate surface area is 233 Å². The van der Waals surface area contributed by atoms with Gasteiger partial charge in [0.15, 0.2) is 5.78 Å². The number of aryl methyl sites for hydroxylation is 2. The minimum Gasteiger partial charge on any atom is -0.494 e. The van der Waals surface area contributed by atoms with Crippen molar-refractivity contribution in [3.63, 3.8) is 0 Å². The summed E-state index contributed by atoms with van der Waals surface area (Å²) in [6.07, 6.45) is 2.48. The summed E-state index contributed by atoms with van der Waals surface area (Å²) in [4.78, 5) is 46.1. The number of rotatable bonds is 5. The Morgan fingerprint density at radius 2 is 1.77 bits per heavy atom. The third-order valence-corrected chi connectivity index (χ3v) is 9.44. The number of nitrogens with zero attached hydrogens (tertiary/aromatic N) is 1. The Morgan fingerprint density at radius 3 is 2.55 bits per heavy atom. The molecule has 0 bridgehead atoms. The van der Waals surface area contributed by atoms with Crippen molar-refractivity contribution in [2.75, 3.05) is 23.8 Å². The van der Waals surface area contributed by atoms with E-state index in [0.29, 0.717) is 30.2 Å². The van der Waals surface area contributed by atoms with Gasteiger partial charge >= 0.3 is 0 Å². The van der Waals surface area contributed by atoms with Gasteiger partial charge in [-0.25, -0.2) is 0 Å². The molecular formula is C33H33N3O4. The first-order valence-corrected chi connectivity index (χ1v) is 14.2. The number of carbonyl (C=O) groups excluding carboxylic acids is 3. The molecule has 0 aliphatic carbocycles. The number of ketones is 1. The van der Waals surface area contributed by atoms with Gasteiger partial charge < -0.3 is 15.4 Å². The first-order valence-electron chi connectivity index (χ1n) is 14.2. The Kier molecular flexibility index (Phi) is 5.48. The smallest absolute Gasteiger partial charge is 0.251 e. The number of carbonyl (C=O) groups is 3. The summed E-state index contributed by atoms with van der Waals surface area (Å²) in [7, 11) is 0. The molecule has 7 rings (SSSR count). The lowest BCUT2D eigenvalue weighted by atomic mass is 9.57. The normalized spacial score (nSPS) is 28.0. The highest BCUT2D eigenvalue weighted by molar-refractivity contribution is 6.21. The summed E-state index contributed by atoms with van der Waals surface area (Å²) in [5, 5.41) is 6.28. The second-order valence-corrected chi connectivity index (χ2v) is 11.6. The Bertz CT molecular complexity index is 1580.